The van der Waals surface area contributed by atoms with Gasteiger partial charge in [-0.3, -0.25) is 4.79 Å². The Labute approximate surface area is 90.0 Å². The second kappa shape index (κ2) is 3.97. The molecule has 0 aliphatic rings. The van der Waals surface area contributed by atoms with E-state index >= 15 is 0 Å². The van der Waals surface area contributed by atoms with E-state index in [2.05, 4.69) is 4.74 Å². The fourth-order valence-corrected chi connectivity index (χ4v) is 1.05. The fraction of sp³-hybridized carbons (Fsp3) is 0.375. The Morgan fingerprint density at radius 1 is 1.18 bits per heavy atom. The summed E-state index contributed by atoms with van der Waals surface area (Å²) in [6.07, 6.45) is -10.2. The van der Waals surface area contributed by atoms with Crippen molar-refractivity contribution < 1.29 is 31.1 Å². The van der Waals surface area contributed by atoms with Crippen LogP contribution in [0.1, 0.15) is 11.3 Å². The zero-order chi connectivity index (χ0) is 13.4. The topological polar surface area (TPSA) is 42.1 Å². The van der Waals surface area contributed by atoms with Crippen LogP contribution in [0.5, 0.6) is 5.75 Å². The van der Waals surface area contributed by atoms with Crippen LogP contribution in [0.4, 0.5) is 26.3 Å². The van der Waals surface area contributed by atoms with Gasteiger partial charge in [0.25, 0.3) is 5.56 Å². The van der Waals surface area contributed by atoms with Crippen LogP contribution in [-0.4, -0.2) is 11.3 Å². The molecule has 96 valence electrons. The molecule has 0 amide bonds. The van der Waals surface area contributed by atoms with Crippen molar-refractivity contribution in [2.24, 2.45) is 0 Å². The molecule has 0 fully saturated rings. The Bertz CT molecular complexity index is 472. The normalized spacial score (nSPS) is 12.6. The molecule has 0 spiro atoms. The summed E-state index contributed by atoms with van der Waals surface area (Å²) in [7, 11) is 0. The summed E-state index contributed by atoms with van der Waals surface area (Å²) in [5, 5.41) is 0. The van der Waals surface area contributed by atoms with E-state index in [0.29, 0.717) is 0 Å². The van der Waals surface area contributed by atoms with Crippen molar-refractivity contribution in [3.05, 3.63) is 27.7 Å². The SMILES string of the molecule is Cc1[nH]c(=O)c(C(F)(F)F)cc1OC(F)(F)F. The van der Waals surface area contributed by atoms with Crippen molar-refractivity contribution in [3.63, 3.8) is 0 Å². The quantitative estimate of drug-likeness (QED) is 0.789. The third kappa shape index (κ3) is 3.40. The minimum Gasteiger partial charge on any atom is -0.404 e. The number of hydrogen-bond donors (Lipinski definition) is 1. The van der Waals surface area contributed by atoms with Crippen molar-refractivity contribution in [1.29, 1.82) is 0 Å². The van der Waals surface area contributed by atoms with E-state index in [0.717, 1.165) is 6.92 Å². The maximum absolute atomic E-state index is 12.2. The summed E-state index contributed by atoms with van der Waals surface area (Å²) in [6, 6.07) is 0.0155. The van der Waals surface area contributed by atoms with Gasteiger partial charge in [-0.25, -0.2) is 0 Å². The van der Waals surface area contributed by atoms with Crippen molar-refractivity contribution in [1.82, 2.24) is 4.98 Å². The molecular weight excluding hydrogens is 256 g/mol. The average molecular weight is 261 g/mol. The van der Waals surface area contributed by atoms with Crippen LogP contribution in [0.15, 0.2) is 10.9 Å². The fourth-order valence-electron chi connectivity index (χ4n) is 1.05. The van der Waals surface area contributed by atoms with E-state index in [-0.39, 0.29) is 6.07 Å². The van der Waals surface area contributed by atoms with Gasteiger partial charge in [0.05, 0.1) is 5.69 Å². The number of pyridine rings is 1. The molecule has 17 heavy (non-hydrogen) atoms. The highest BCUT2D eigenvalue weighted by Gasteiger charge is 2.37. The Hall–Kier alpha value is -1.67. The van der Waals surface area contributed by atoms with Crippen LogP contribution in [0.25, 0.3) is 0 Å². The van der Waals surface area contributed by atoms with Gasteiger partial charge in [-0.2, -0.15) is 13.2 Å². The molecule has 0 aliphatic carbocycles. The number of H-pyrrole nitrogens is 1. The summed E-state index contributed by atoms with van der Waals surface area (Å²) in [6.45, 7) is 0.989. The summed E-state index contributed by atoms with van der Waals surface area (Å²) in [5.41, 5.74) is -3.72. The number of ether oxygens (including phenoxy) is 1. The number of rotatable bonds is 1. The molecule has 0 bridgehead atoms. The molecular formula is C8H5F6NO2. The van der Waals surface area contributed by atoms with Gasteiger partial charge in [0.2, 0.25) is 0 Å². The van der Waals surface area contributed by atoms with Gasteiger partial charge < -0.3 is 9.72 Å². The highest BCUT2D eigenvalue weighted by Crippen LogP contribution is 2.31. The average Bonchev–Trinajstić information content (AvgIpc) is 2.05. The number of nitrogens with one attached hydrogen (secondary N) is 1. The van der Waals surface area contributed by atoms with Crippen LogP contribution < -0.4 is 10.3 Å². The molecule has 1 aromatic rings. The third-order valence-corrected chi connectivity index (χ3v) is 1.72. The minimum atomic E-state index is -5.13. The first kappa shape index (κ1) is 13.4. The van der Waals surface area contributed by atoms with E-state index in [4.69, 9.17) is 0 Å². The van der Waals surface area contributed by atoms with E-state index in [1.807, 2.05) is 0 Å². The van der Waals surface area contributed by atoms with Crippen LogP contribution in [-0.2, 0) is 6.18 Å². The highest BCUT2D eigenvalue weighted by molar-refractivity contribution is 5.32. The zero-order valence-corrected chi connectivity index (χ0v) is 8.16. The van der Waals surface area contributed by atoms with Crippen LogP contribution in [0.3, 0.4) is 0 Å². The van der Waals surface area contributed by atoms with Crippen LogP contribution >= 0.6 is 0 Å². The smallest absolute Gasteiger partial charge is 0.404 e. The molecule has 1 aromatic heterocycles. The van der Waals surface area contributed by atoms with Gasteiger partial charge >= 0.3 is 12.5 Å². The standard InChI is InChI=1S/C8H5F6NO2/c1-3-5(17-8(12,13)14)2-4(6(16)15-3)7(9,10)11/h2H,1H3,(H,15,16). The van der Waals surface area contributed by atoms with Crippen LogP contribution in [0.2, 0.25) is 0 Å². The Morgan fingerprint density at radius 3 is 2.12 bits per heavy atom. The Balaban J connectivity index is 3.30. The number of aromatic amines is 1. The van der Waals surface area contributed by atoms with E-state index in [1.165, 1.54) is 0 Å². The van der Waals surface area contributed by atoms with E-state index in [9.17, 15) is 31.1 Å². The summed E-state index contributed by atoms with van der Waals surface area (Å²) in [5.74, 6) is -1.09. The summed E-state index contributed by atoms with van der Waals surface area (Å²) < 4.78 is 75.6. The molecule has 0 radical (unpaired) electrons. The molecule has 0 unspecified atom stereocenters. The lowest BCUT2D eigenvalue weighted by molar-refractivity contribution is -0.275. The molecule has 0 atom stereocenters. The highest BCUT2D eigenvalue weighted by atomic mass is 19.4. The van der Waals surface area contributed by atoms with Crippen molar-refractivity contribution in [2.75, 3.05) is 0 Å². The first-order chi connectivity index (χ1) is 7.50. The van der Waals surface area contributed by atoms with Gasteiger partial charge in [0.15, 0.2) is 0 Å². The lowest BCUT2D eigenvalue weighted by Gasteiger charge is -2.13. The number of aromatic nitrogens is 1. The summed E-state index contributed by atoms with van der Waals surface area (Å²) >= 11 is 0. The zero-order valence-electron chi connectivity index (χ0n) is 8.16. The van der Waals surface area contributed by atoms with Gasteiger partial charge in [-0.05, 0) is 6.92 Å². The monoisotopic (exact) mass is 261 g/mol. The predicted octanol–water partition coefficient (Wildman–Crippen LogP) is 2.60. The van der Waals surface area contributed by atoms with Gasteiger partial charge in [-0.15, -0.1) is 13.2 Å². The van der Waals surface area contributed by atoms with Gasteiger partial charge in [0.1, 0.15) is 11.3 Å². The van der Waals surface area contributed by atoms with E-state index in [1.54, 1.807) is 4.98 Å². The molecule has 9 heteroatoms. The maximum atomic E-state index is 12.2. The first-order valence-corrected chi connectivity index (χ1v) is 4.07. The number of halogens is 6. The second-order valence-corrected chi connectivity index (χ2v) is 3.05. The molecule has 0 saturated carbocycles. The second-order valence-electron chi connectivity index (χ2n) is 3.05. The van der Waals surface area contributed by atoms with E-state index < -0.39 is 35.1 Å². The number of aryl methyl sites for hydroxylation is 1. The van der Waals surface area contributed by atoms with Crippen molar-refractivity contribution in [2.45, 2.75) is 19.5 Å². The number of hydrogen-bond acceptors (Lipinski definition) is 2. The van der Waals surface area contributed by atoms with Crippen LogP contribution in [0, 0.1) is 6.92 Å². The lowest BCUT2D eigenvalue weighted by atomic mass is 10.2. The molecule has 1 heterocycles. The molecule has 0 saturated heterocycles. The maximum Gasteiger partial charge on any atom is 0.573 e. The Kier molecular flexibility index (Phi) is 3.13. The minimum absolute atomic E-state index is 0.0155. The summed E-state index contributed by atoms with van der Waals surface area (Å²) in [4.78, 5) is 12.5. The Morgan fingerprint density at radius 2 is 1.71 bits per heavy atom. The lowest BCUT2D eigenvalue weighted by Crippen LogP contribution is -2.25. The predicted molar refractivity (Wildman–Crippen MR) is 43.5 cm³/mol. The molecule has 0 aromatic carbocycles. The molecule has 0 aliphatic heterocycles. The van der Waals surface area contributed by atoms with Crippen molar-refractivity contribution >= 4 is 0 Å². The van der Waals surface area contributed by atoms with Gasteiger partial charge in [-0.1, -0.05) is 0 Å². The van der Waals surface area contributed by atoms with Gasteiger partial charge in [0, 0.05) is 6.07 Å². The number of alkyl halides is 6. The molecule has 1 rings (SSSR count). The third-order valence-electron chi connectivity index (χ3n) is 1.72. The first-order valence-electron chi connectivity index (χ1n) is 4.07. The van der Waals surface area contributed by atoms with Crippen molar-refractivity contribution in [3.8, 4) is 5.75 Å². The molecule has 1 N–H and O–H groups in total. The molecule has 3 nitrogen and oxygen atoms in total. The largest absolute Gasteiger partial charge is 0.573 e.